The summed E-state index contributed by atoms with van der Waals surface area (Å²) in [7, 11) is 0. The topological polar surface area (TPSA) is 41.3 Å². The van der Waals surface area contributed by atoms with Gasteiger partial charge in [-0.2, -0.15) is 5.10 Å². The van der Waals surface area contributed by atoms with Gasteiger partial charge in [0, 0.05) is 6.54 Å². The molecule has 1 atom stereocenters. The largest absolute Gasteiger partial charge is 0.385 e. The van der Waals surface area contributed by atoms with Crippen molar-refractivity contribution in [1.82, 2.24) is 14.7 Å². The highest BCUT2D eigenvalue weighted by Gasteiger charge is 2.48. The van der Waals surface area contributed by atoms with E-state index in [9.17, 15) is 5.11 Å². The number of hydrogen-bond acceptors (Lipinski definition) is 3. The molecule has 0 amide bonds. The molecular weight excluding hydrogens is 286 g/mol. The van der Waals surface area contributed by atoms with Crippen molar-refractivity contribution in [2.75, 3.05) is 13.1 Å². The number of aliphatic hydroxyl groups excluding tert-OH is 1. The van der Waals surface area contributed by atoms with Crippen LogP contribution in [0.15, 0.2) is 6.20 Å². The van der Waals surface area contributed by atoms with Crippen LogP contribution in [0, 0.1) is 0 Å². The third-order valence-corrected chi connectivity index (χ3v) is 5.53. The number of rotatable bonds is 5. The smallest absolute Gasteiger partial charge is 0.115 e. The molecule has 1 aliphatic carbocycles. The fourth-order valence-corrected chi connectivity index (χ4v) is 4.45. The second kappa shape index (κ2) is 6.27. The van der Waals surface area contributed by atoms with Crippen LogP contribution in [0.25, 0.3) is 0 Å². The molecule has 0 spiro atoms. The summed E-state index contributed by atoms with van der Waals surface area (Å²) >= 11 is 6.36. The van der Waals surface area contributed by atoms with Crippen LogP contribution in [0.2, 0.25) is 5.02 Å². The first-order valence-electron chi connectivity index (χ1n) is 8.33. The lowest BCUT2D eigenvalue weighted by molar-refractivity contribution is -0.0242. The highest BCUT2D eigenvalue weighted by Crippen LogP contribution is 2.47. The first kappa shape index (κ1) is 15.3. The van der Waals surface area contributed by atoms with Crippen molar-refractivity contribution in [3.8, 4) is 0 Å². The summed E-state index contributed by atoms with van der Waals surface area (Å²) in [6, 6.07) is 0. The number of hydrogen-bond donors (Lipinski definition) is 1. The van der Waals surface area contributed by atoms with E-state index in [2.05, 4.69) is 16.9 Å². The summed E-state index contributed by atoms with van der Waals surface area (Å²) in [5, 5.41) is 16.2. The Morgan fingerprint density at radius 1 is 1.29 bits per heavy atom. The van der Waals surface area contributed by atoms with Crippen LogP contribution < -0.4 is 0 Å². The van der Waals surface area contributed by atoms with Crippen molar-refractivity contribution in [1.29, 1.82) is 0 Å². The first-order chi connectivity index (χ1) is 10.2. The molecule has 21 heavy (non-hydrogen) atoms. The summed E-state index contributed by atoms with van der Waals surface area (Å²) in [5.41, 5.74) is 0.707. The second-order valence-corrected chi connectivity index (χ2v) is 6.92. The van der Waals surface area contributed by atoms with E-state index in [1.807, 2.05) is 4.68 Å². The van der Waals surface area contributed by atoms with Gasteiger partial charge in [-0.25, -0.2) is 0 Å². The normalized spacial score (nSPS) is 23.8. The fourth-order valence-electron chi connectivity index (χ4n) is 4.20. The molecule has 1 unspecified atom stereocenters. The third kappa shape index (κ3) is 2.62. The highest BCUT2D eigenvalue weighted by molar-refractivity contribution is 6.31. The van der Waals surface area contributed by atoms with Crippen LogP contribution in [0.4, 0.5) is 0 Å². The molecule has 0 aromatic carbocycles. The SMILES string of the molecule is CCCn1ncc(Cl)c1C(O)C1(N2CCCC2)CCCC1. The Labute approximate surface area is 132 Å². The van der Waals surface area contributed by atoms with Crippen molar-refractivity contribution in [2.24, 2.45) is 0 Å². The predicted molar refractivity (Wildman–Crippen MR) is 84.5 cm³/mol. The molecule has 118 valence electrons. The van der Waals surface area contributed by atoms with Crippen molar-refractivity contribution in [3.05, 3.63) is 16.9 Å². The maximum Gasteiger partial charge on any atom is 0.115 e. The lowest BCUT2D eigenvalue weighted by atomic mass is 9.86. The zero-order valence-electron chi connectivity index (χ0n) is 12.9. The van der Waals surface area contributed by atoms with Crippen LogP contribution in [0.5, 0.6) is 0 Å². The lowest BCUT2D eigenvalue weighted by Gasteiger charge is -2.42. The molecule has 2 fully saturated rings. The van der Waals surface area contributed by atoms with Gasteiger partial charge >= 0.3 is 0 Å². The zero-order valence-corrected chi connectivity index (χ0v) is 13.6. The summed E-state index contributed by atoms with van der Waals surface area (Å²) < 4.78 is 1.91. The molecule has 1 saturated heterocycles. The summed E-state index contributed by atoms with van der Waals surface area (Å²) in [5.74, 6) is 0. The number of likely N-dealkylation sites (tertiary alicyclic amines) is 1. The Morgan fingerprint density at radius 2 is 1.95 bits per heavy atom. The van der Waals surface area contributed by atoms with Gasteiger partial charge in [-0.3, -0.25) is 9.58 Å². The van der Waals surface area contributed by atoms with Crippen LogP contribution in [0.3, 0.4) is 0 Å². The van der Waals surface area contributed by atoms with Crippen molar-refractivity contribution < 1.29 is 5.11 Å². The van der Waals surface area contributed by atoms with E-state index in [4.69, 9.17) is 11.6 Å². The molecule has 5 heteroatoms. The molecular formula is C16H26ClN3O. The van der Waals surface area contributed by atoms with Crippen LogP contribution in [0.1, 0.15) is 63.7 Å². The average molecular weight is 312 g/mol. The van der Waals surface area contributed by atoms with Gasteiger partial charge in [0.05, 0.1) is 22.5 Å². The van der Waals surface area contributed by atoms with Crippen LogP contribution >= 0.6 is 11.6 Å². The minimum absolute atomic E-state index is 0.119. The van der Waals surface area contributed by atoms with Gasteiger partial charge in [0.2, 0.25) is 0 Å². The molecule has 1 aliphatic heterocycles. The van der Waals surface area contributed by atoms with E-state index in [1.165, 1.54) is 25.7 Å². The van der Waals surface area contributed by atoms with Gasteiger partial charge in [-0.15, -0.1) is 0 Å². The second-order valence-electron chi connectivity index (χ2n) is 6.51. The lowest BCUT2D eigenvalue weighted by Crippen LogP contribution is -2.50. The Morgan fingerprint density at radius 3 is 2.57 bits per heavy atom. The summed E-state index contributed by atoms with van der Waals surface area (Å²) in [4.78, 5) is 2.52. The monoisotopic (exact) mass is 311 g/mol. The van der Waals surface area contributed by atoms with Gasteiger partial charge in [-0.1, -0.05) is 31.4 Å². The Bertz CT molecular complexity index is 476. The molecule has 2 heterocycles. The van der Waals surface area contributed by atoms with E-state index in [-0.39, 0.29) is 5.54 Å². The van der Waals surface area contributed by atoms with Gasteiger partial charge in [0.25, 0.3) is 0 Å². The minimum Gasteiger partial charge on any atom is -0.385 e. The van der Waals surface area contributed by atoms with Gasteiger partial charge < -0.3 is 5.11 Å². The van der Waals surface area contributed by atoms with Crippen molar-refractivity contribution in [3.63, 3.8) is 0 Å². The highest BCUT2D eigenvalue weighted by atomic mass is 35.5. The fraction of sp³-hybridized carbons (Fsp3) is 0.812. The number of halogens is 1. The van der Waals surface area contributed by atoms with Gasteiger partial charge in [-0.05, 0) is 45.2 Å². The predicted octanol–water partition coefficient (Wildman–Crippen LogP) is 3.39. The Balaban J connectivity index is 1.94. The zero-order chi connectivity index (χ0) is 14.9. The molecule has 4 nitrogen and oxygen atoms in total. The van der Waals surface area contributed by atoms with Crippen molar-refractivity contribution >= 4 is 11.6 Å². The van der Waals surface area contributed by atoms with Gasteiger partial charge in [0.15, 0.2) is 0 Å². The number of aromatic nitrogens is 2. The van der Waals surface area contributed by atoms with E-state index >= 15 is 0 Å². The molecule has 0 bridgehead atoms. The number of aliphatic hydroxyl groups is 1. The Hall–Kier alpha value is -0.580. The standard InChI is InChI=1S/C16H26ClN3O/c1-2-9-20-14(13(17)12-18-20)15(21)16(7-3-4-8-16)19-10-5-6-11-19/h12,15,21H,2-11H2,1H3. The third-order valence-electron chi connectivity index (χ3n) is 5.24. The minimum atomic E-state index is -0.528. The Kier molecular flexibility index (Phi) is 4.57. The molecule has 1 aromatic heterocycles. The molecule has 1 aromatic rings. The summed E-state index contributed by atoms with van der Waals surface area (Å²) in [6.45, 7) is 5.15. The number of aryl methyl sites for hydroxylation is 1. The molecule has 2 aliphatic rings. The molecule has 1 N–H and O–H groups in total. The van der Waals surface area contributed by atoms with E-state index in [0.29, 0.717) is 5.02 Å². The summed E-state index contributed by atoms with van der Waals surface area (Å²) in [6.07, 6.45) is 9.19. The van der Waals surface area contributed by atoms with Crippen molar-refractivity contribution in [2.45, 2.75) is 70.1 Å². The maximum absolute atomic E-state index is 11.2. The van der Waals surface area contributed by atoms with E-state index in [1.54, 1.807) is 6.20 Å². The average Bonchev–Trinajstić information content (AvgIpc) is 3.19. The molecule has 1 saturated carbocycles. The van der Waals surface area contributed by atoms with E-state index in [0.717, 1.165) is 44.6 Å². The molecule has 3 rings (SSSR count). The van der Waals surface area contributed by atoms with E-state index < -0.39 is 6.10 Å². The first-order valence-corrected chi connectivity index (χ1v) is 8.71. The number of nitrogens with zero attached hydrogens (tertiary/aromatic N) is 3. The van der Waals surface area contributed by atoms with Crippen LogP contribution in [-0.2, 0) is 6.54 Å². The quantitative estimate of drug-likeness (QED) is 0.906. The van der Waals surface area contributed by atoms with Crippen LogP contribution in [-0.4, -0.2) is 38.4 Å². The molecule has 0 radical (unpaired) electrons. The maximum atomic E-state index is 11.2. The van der Waals surface area contributed by atoms with Gasteiger partial charge in [0.1, 0.15) is 6.10 Å².